The average molecular weight is 504 g/mol. The van der Waals surface area contributed by atoms with Crippen LogP contribution in [0.25, 0.3) is 11.1 Å². The fourth-order valence-electron chi connectivity index (χ4n) is 5.47. The van der Waals surface area contributed by atoms with Gasteiger partial charge >= 0.3 is 6.03 Å². The van der Waals surface area contributed by atoms with Crippen LogP contribution in [0.1, 0.15) is 24.0 Å². The molecule has 1 spiro atoms. The Morgan fingerprint density at radius 3 is 2.38 bits per heavy atom. The number of hydrogen-bond donors (Lipinski definition) is 0. The van der Waals surface area contributed by atoms with Crippen LogP contribution in [0.3, 0.4) is 0 Å². The van der Waals surface area contributed by atoms with E-state index in [2.05, 4.69) is 29.2 Å². The molecule has 2 aromatic carbocycles. The maximum Gasteiger partial charge on any atom is 0.328 e. The van der Waals surface area contributed by atoms with Crippen LogP contribution >= 0.6 is 0 Å². The van der Waals surface area contributed by atoms with E-state index in [0.29, 0.717) is 31.7 Å². The van der Waals surface area contributed by atoms with E-state index < -0.39 is 5.54 Å². The second-order valence-corrected chi connectivity index (χ2v) is 9.69. The first kappa shape index (κ1) is 25.0. The highest BCUT2D eigenvalue weighted by atomic mass is 16.5. The topological polar surface area (TPSA) is 75.5 Å². The Bertz CT molecular complexity index is 1230. The fraction of sp³-hybridized carbons (Fsp3) is 0.379. The van der Waals surface area contributed by atoms with Gasteiger partial charge in [-0.1, -0.05) is 30.3 Å². The molecule has 0 atom stereocenters. The summed E-state index contributed by atoms with van der Waals surface area (Å²) in [5.74, 6) is 0.589. The Labute approximate surface area is 217 Å². The molecular weight excluding hydrogens is 470 g/mol. The number of ether oxygens (including phenoxy) is 2. The molecular formula is C29H33N3O5. The van der Waals surface area contributed by atoms with Crippen molar-refractivity contribution >= 4 is 11.9 Å². The molecule has 0 saturated carbocycles. The van der Waals surface area contributed by atoms with E-state index in [-0.39, 0.29) is 18.5 Å². The molecule has 0 N–H and O–H groups in total. The Hall–Kier alpha value is -3.62. The number of imide groups is 1. The zero-order valence-electron chi connectivity index (χ0n) is 21.4. The van der Waals surface area contributed by atoms with Crippen molar-refractivity contribution in [2.45, 2.75) is 31.5 Å². The zero-order chi connectivity index (χ0) is 25.8. The number of piperidine rings is 1. The molecule has 0 aliphatic carbocycles. The number of carbonyl (C=O) groups is 2. The summed E-state index contributed by atoms with van der Waals surface area (Å²) in [6.45, 7) is 3.25. The first-order valence-corrected chi connectivity index (χ1v) is 12.6. The molecule has 1 aromatic heterocycles. The van der Waals surface area contributed by atoms with Gasteiger partial charge < -0.3 is 18.8 Å². The lowest BCUT2D eigenvalue weighted by atomic mass is 9.85. The van der Waals surface area contributed by atoms with Gasteiger partial charge in [-0.3, -0.25) is 14.6 Å². The summed E-state index contributed by atoms with van der Waals surface area (Å²) in [5.41, 5.74) is 3.41. The molecule has 0 unspecified atom stereocenters. The molecule has 2 fully saturated rings. The Morgan fingerprint density at radius 1 is 0.919 bits per heavy atom. The smallest absolute Gasteiger partial charge is 0.328 e. The van der Waals surface area contributed by atoms with Crippen molar-refractivity contribution in [2.75, 3.05) is 40.5 Å². The molecule has 194 valence electrons. The highest BCUT2D eigenvalue weighted by Crippen LogP contribution is 2.38. The number of urea groups is 1. The lowest BCUT2D eigenvalue weighted by Gasteiger charge is -2.42. The molecule has 2 saturated heterocycles. The van der Waals surface area contributed by atoms with Gasteiger partial charge in [0, 0.05) is 38.9 Å². The third kappa shape index (κ3) is 4.99. The molecule has 2 aliphatic rings. The molecule has 0 radical (unpaired) electrons. The number of carbonyl (C=O) groups excluding carboxylic acids is 2. The molecule has 5 rings (SSSR count). The van der Waals surface area contributed by atoms with Crippen LogP contribution in [0.15, 0.2) is 71.5 Å². The second kappa shape index (κ2) is 10.8. The SMILES string of the molecule is COCCN1C(=O)N(Cc2cccc(OC)c2)C(=O)C12CCN(Cc1cccc(-c3ccoc3)c1)CC2. The molecule has 3 heterocycles. The molecule has 37 heavy (non-hydrogen) atoms. The minimum Gasteiger partial charge on any atom is -0.497 e. The number of hydrogen-bond acceptors (Lipinski definition) is 6. The van der Waals surface area contributed by atoms with E-state index in [4.69, 9.17) is 13.9 Å². The molecule has 8 heteroatoms. The Morgan fingerprint density at radius 2 is 1.68 bits per heavy atom. The number of furan rings is 1. The van der Waals surface area contributed by atoms with Crippen molar-refractivity contribution < 1.29 is 23.5 Å². The first-order valence-electron chi connectivity index (χ1n) is 12.6. The van der Waals surface area contributed by atoms with Gasteiger partial charge in [0.1, 0.15) is 11.3 Å². The highest BCUT2D eigenvalue weighted by Gasteiger charge is 2.57. The van der Waals surface area contributed by atoms with Crippen molar-refractivity contribution in [3.8, 4) is 16.9 Å². The van der Waals surface area contributed by atoms with Crippen molar-refractivity contribution in [3.05, 3.63) is 78.3 Å². The molecule has 3 amide bonds. The summed E-state index contributed by atoms with van der Waals surface area (Å²) in [7, 11) is 3.22. The summed E-state index contributed by atoms with van der Waals surface area (Å²) in [5, 5.41) is 0. The standard InChI is InChI=1S/C29H33N3O5/c1-35-16-14-32-28(34)31(20-23-6-4-8-26(18-23)36-2)27(33)29(32)10-12-30(13-11-29)19-22-5-3-7-24(17-22)25-9-15-37-21-25/h3-9,15,17-18,21H,10-14,16,19-20H2,1-2H3. The molecule has 8 nitrogen and oxygen atoms in total. The van der Waals surface area contributed by atoms with Gasteiger partial charge in [-0.05, 0) is 53.8 Å². The van der Waals surface area contributed by atoms with Gasteiger partial charge in [0.2, 0.25) is 0 Å². The minimum atomic E-state index is -0.830. The van der Waals surface area contributed by atoms with E-state index in [0.717, 1.165) is 36.3 Å². The third-order valence-electron chi connectivity index (χ3n) is 7.49. The van der Waals surface area contributed by atoms with Crippen LogP contribution in [0.4, 0.5) is 4.79 Å². The normalized spacial score (nSPS) is 17.7. The summed E-state index contributed by atoms with van der Waals surface area (Å²) in [4.78, 5) is 32.8. The maximum atomic E-state index is 13.8. The van der Waals surface area contributed by atoms with Crippen LogP contribution in [0.2, 0.25) is 0 Å². The van der Waals surface area contributed by atoms with Crippen LogP contribution < -0.4 is 4.74 Å². The van der Waals surface area contributed by atoms with Crippen LogP contribution in [0, 0.1) is 0 Å². The number of nitrogens with zero attached hydrogens (tertiary/aromatic N) is 3. The molecule has 3 aromatic rings. The lowest BCUT2D eigenvalue weighted by molar-refractivity contribution is -0.136. The predicted octanol–water partition coefficient (Wildman–Crippen LogP) is 4.40. The largest absolute Gasteiger partial charge is 0.497 e. The summed E-state index contributed by atoms with van der Waals surface area (Å²) < 4.78 is 15.8. The summed E-state index contributed by atoms with van der Waals surface area (Å²) >= 11 is 0. The van der Waals surface area contributed by atoms with Gasteiger partial charge in [0.15, 0.2) is 0 Å². The van der Waals surface area contributed by atoms with Crippen LogP contribution in [-0.2, 0) is 22.6 Å². The van der Waals surface area contributed by atoms with E-state index in [1.165, 1.54) is 10.5 Å². The Balaban J connectivity index is 1.30. The first-order chi connectivity index (χ1) is 18.0. The number of likely N-dealkylation sites (tertiary alicyclic amines) is 1. The summed E-state index contributed by atoms with van der Waals surface area (Å²) in [6.07, 6.45) is 4.62. The predicted molar refractivity (Wildman–Crippen MR) is 139 cm³/mol. The number of amides is 3. The maximum absolute atomic E-state index is 13.8. The summed E-state index contributed by atoms with van der Waals surface area (Å²) in [6, 6.07) is 17.7. The van der Waals surface area contributed by atoms with Crippen LogP contribution in [0.5, 0.6) is 5.75 Å². The van der Waals surface area contributed by atoms with Gasteiger partial charge in [0.05, 0.1) is 32.8 Å². The average Bonchev–Trinajstić information content (AvgIpc) is 3.53. The van der Waals surface area contributed by atoms with Crippen molar-refractivity contribution in [1.29, 1.82) is 0 Å². The van der Waals surface area contributed by atoms with Crippen molar-refractivity contribution in [2.24, 2.45) is 0 Å². The second-order valence-electron chi connectivity index (χ2n) is 9.69. The number of benzene rings is 2. The van der Waals surface area contributed by atoms with E-state index in [9.17, 15) is 9.59 Å². The van der Waals surface area contributed by atoms with Gasteiger partial charge in [0.25, 0.3) is 5.91 Å². The third-order valence-corrected chi connectivity index (χ3v) is 7.49. The van der Waals surface area contributed by atoms with E-state index in [1.54, 1.807) is 31.6 Å². The quantitative estimate of drug-likeness (QED) is 0.403. The monoisotopic (exact) mass is 503 g/mol. The van der Waals surface area contributed by atoms with E-state index >= 15 is 0 Å². The van der Waals surface area contributed by atoms with Gasteiger partial charge in [-0.25, -0.2) is 4.79 Å². The van der Waals surface area contributed by atoms with Crippen molar-refractivity contribution in [3.63, 3.8) is 0 Å². The van der Waals surface area contributed by atoms with Crippen LogP contribution in [-0.4, -0.2) is 72.6 Å². The molecule has 0 bridgehead atoms. The Kier molecular flexibility index (Phi) is 7.30. The number of methoxy groups -OCH3 is 2. The van der Waals surface area contributed by atoms with Gasteiger partial charge in [-0.15, -0.1) is 0 Å². The highest BCUT2D eigenvalue weighted by molar-refractivity contribution is 6.07. The lowest BCUT2D eigenvalue weighted by Crippen LogP contribution is -2.57. The van der Waals surface area contributed by atoms with E-state index in [1.807, 2.05) is 30.3 Å². The number of rotatable bonds is 9. The van der Waals surface area contributed by atoms with Crippen molar-refractivity contribution in [1.82, 2.24) is 14.7 Å². The fourth-order valence-corrected chi connectivity index (χ4v) is 5.47. The zero-order valence-corrected chi connectivity index (χ0v) is 21.4. The minimum absolute atomic E-state index is 0.113. The molecule has 2 aliphatic heterocycles. The van der Waals surface area contributed by atoms with Gasteiger partial charge in [-0.2, -0.15) is 0 Å².